The SMILES string of the molecule is CC.Cn1nc(-c2ccco2)cc1B(O)O. The predicted molar refractivity (Wildman–Crippen MR) is 62.1 cm³/mol. The highest BCUT2D eigenvalue weighted by Crippen LogP contribution is 2.15. The summed E-state index contributed by atoms with van der Waals surface area (Å²) in [4.78, 5) is 0. The second-order valence-electron chi connectivity index (χ2n) is 2.93. The molecule has 0 amide bonds. The van der Waals surface area contributed by atoms with Crippen LogP contribution in [0.25, 0.3) is 11.5 Å². The van der Waals surface area contributed by atoms with Gasteiger partial charge in [-0.15, -0.1) is 0 Å². The van der Waals surface area contributed by atoms with Gasteiger partial charge in [0.25, 0.3) is 0 Å². The van der Waals surface area contributed by atoms with Crippen LogP contribution in [0.3, 0.4) is 0 Å². The first-order valence-corrected chi connectivity index (χ1v) is 5.12. The zero-order valence-corrected chi connectivity index (χ0v) is 9.58. The van der Waals surface area contributed by atoms with Crippen molar-refractivity contribution in [3.05, 3.63) is 24.5 Å². The summed E-state index contributed by atoms with van der Waals surface area (Å²) < 4.78 is 6.53. The number of nitrogens with zero attached hydrogens (tertiary/aromatic N) is 2. The first-order chi connectivity index (χ1) is 7.68. The van der Waals surface area contributed by atoms with Gasteiger partial charge in [0.1, 0.15) is 5.69 Å². The molecule has 0 aliphatic heterocycles. The van der Waals surface area contributed by atoms with Gasteiger partial charge in [-0.25, -0.2) is 0 Å². The van der Waals surface area contributed by atoms with Crippen molar-refractivity contribution < 1.29 is 14.5 Å². The van der Waals surface area contributed by atoms with E-state index in [0.717, 1.165) is 0 Å². The Balaban J connectivity index is 0.000000606. The van der Waals surface area contributed by atoms with Gasteiger partial charge in [0.15, 0.2) is 5.76 Å². The number of aromatic nitrogens is 2. The summed E-state index contributed by atoms with van der Waals surface area (Å²) in [5, 5.41) is 22.0. The zero-order chi connectivity index (χ0) is 12.1. The Morgan fingerprint density at radius 3 is 2.50 bits per heavy atom. The molecule has 2 heterocycles. The molecular weight excluding hydrogens is 207 g/mol. The molecule has 0 saturated heterocycles. The second-order valence-corrected chi connectivity index (χ2v) is 2.93. The van der Waals surface area contributed by atoms with E-state index >= 15 is 0 Å². The maximum atomic E-state index is 8.98. The minimum Gasteiger partial charge on any atom is -0.463 e. The molecule has 2 aromatic rings. The van der Waals surface area contributed by atoms with E-state index < -0.39 is 7.12 Å². The fourth-order valence-corrected chi connectivity index (χ4v) is 1.27. The van der Waals surface area contributed by atoms with Crippen molar-refractivity contribution in [3.8, 4) is 11.5 Å². The van der Waals surface area contributed by atoms with E-state index in [4.69, 9.17) is 14.5 Å². The number of rotatable bonds is 2. The summed E-state index contributed by atoms with van der Waals surface area (Å²) in [6.45, 7) is 4.00. The third-order valence-electron chi connectivity index (χ3n) is 1.95. The van der Waals surface area contributed by atoms with Crippen molar-refractivity contribution in [2.45, 2.75) is 13.8 Å². The van der Waals surface area contributed by atoms with Gasteiger partial charge >= 0.3 is 7.12 Å². The highest BCUT2D eigenvalue weighted by atomic mass is 16.4. The molecule has 0 atom stereocenters. The monoisotopic (exact) mass is 222 g/mol. The molecule has 86 valence electrons. The van der Waals surface area contributed by atoms with Gasteiger partial charge in [0.2, 0.25) is 0 Å². The molecule has 0 unspecified atom stereocenters. The number of aryl methyl sites for hydroxylation is 1. The van der Waals surface area contributed by atoms with Crippen LogP contribution in [0.15, 0.2) is 28.9 Å². The smallest absolute Gasteiger partial charge is 0.463 e. The molecule has 6 heteroatoms. The summed E-state index contributed by atoms with van der Waals surface area (Å²) in [5.41, 5.74) is 0.914. The average Bonchev–Trinajstić information content (AvgIpc) is 2.88. The molecule has 0 aromatic carbocycles. The Kier molecular flexibility index (Phi) is 4.33. The van der Waals surface area contributed by atoms with Crippen LogP contribution in [0.5, 0.6) is 0 Å². The average molecular weight is 222 g/mol. The normalized spacial score (nSPS) is 9.56. The molecular formula is C10H15BN2O3. The van der Waals surface area contributed by atoms with Gasteiger partial charge in [0, 0.05) is 7.05 Å². The van der Waals surface area contributed by atoms with E-state index in [1.54, 1.807) is 31.5 Å². The lowest BCUT2D eigenvalue weighted by Crippen LogP contribution is -2.35. The van der Waals surface area contributed by atoms with E-state index in [2.05, 4.69) is 5.10 Å². The van der Waals surface area contributed by atoms with Gasteiger partial charge in [-0.05, 0) is 18.2 Å². The predicted octanol–water partition coefficient (Wildman–Crippen LogP) is 0.386. The van der Waals surface area contributed by atoms with Crippen molar-refractivity contribution in [2.24, 2.45) is 7.05 Å². The van der Waals surface area contributed by atoms with Crippen molar-refractivity contribution in [1.82, 2.24) is 9.78 Å². The second kappa shape index (κ2) is 5.53. The minimum absolute atomic E-state index is 0.330. The Hall–Kier alpha value is -1.53. The maximum Gasteiger partial charge on any atom is 0.507 e. The fraction of sp³-hybridized carbons (Fsp3) is 0.300. The lowest BCUT2D eigenvalue weighted by atomic mass is 9.86. The number of hydrogen-bond donors (Lipinski definition) is 2. The van der Waals surface area contributed by atoms with Gasteiger partial charge in [-0.2, -0.15) is 5.10 Å². The van der Waals surface area contributed by atoms with Gasteiger partial charge in [-0.3, -0.25) is 4.68 Å². The molecule has 0 aliphatic carbocycles. The lowest BCUT2D eigenvalue weighted by Gasteiger charge is -1.96. The maximum absolute atomic E-state index is 8.98. The summed E-state index contributed by atoms with van der Waals surface area (Å²) in [5.74, 6) is 0.604. The zero-order valence-electron chi connectivity index (χ0n) is 9.58. The molecule has 0 radical (unpaired) electrons. The Morgan fingerprint density at radius 2 is 2.06 bits per heavy atom. The summed E-state index contributed by atoms with van der Waals surface area (Å²) >= 11 is 0. The van der Waals surface area contributed by atoms with E-state index in [1.165, 1.54) is 4.68 Å². The minimum atomic E-state index is -1.52. The van der Waals surface area contributed by atoms with Gasteiger partial charge in [-0.1, -0.05) is 13.8 Å². The van der Waals surface area contributed by atoms with Crippen molar-refractivity contribution in [2.75, 3.05) is 0 Å². The molecule has 0 spiro atoms. The molecule has 2 rings (SSSR count). The van der Waals surface area contributed by atoms with Crippen LogP contribution in [0.4, 0.5) is 0 Å². The highest BCUT2D eigenvalue weighted by Gasteiger charge is 2.18. The molecule has 2 aromatic heterocycles. The van der Waals surface area contributed by atoms with Crippen molar-refractivity contribution >= 4 is 12.7 Å². The Labute approximate surface area is 94.5 Å². The van der Waals surface area contributed by atoms with E-state index in [1.807, 2.05) is 13.8 Å². The largest absolute Gasteiger partial charge is 0.507 e. The molecule has 0 bridgehead atoms. The first kappa shape index (κ1) is 12.5. The van der Waals surface area contributed by atoms with Gasteiger partial charge in [0.05, 0.1) is 11.9 Å². The van der Waals surface area contributed by atoms with Crippen LogP contribution in [0.2, 0.25) is 0 Å². The van der Waals surface area contributed by atoms with Crippen LogP contribution in [-0.2, 0) is 7.05 Å². The van der Waals surface area contributed by atoms with E-state index in [-0.39, 0.29) is 0 Å². The topological polar surface area (TPSA) is 71.4 Å². The summed E-state index contributed by atoms with van der Waals surface area (Å²) in [6, 6.07) is 5.08. The van der Waals surface area contributed by atoms with Crippen LogP contribution in [-0.4, -0.2) is 26.9 Å². The van der Waals surface area contributed by atoms with Crippen LogP contribution >= 0.6 is 0 Å². The van der Waals surface area contributed by atoms with Gasteiger partial charge < -0.3 is 14.5 Å². The lowest BCUT2D eigenvalue weighted by molar-refractivity contribution is 0.421. The van der Waals surface area contributed by atoms with Crippen LogP contribution in [0, 0.1) is 0 Å². The fourth-order valence-electron chi connectivity index (χ4n) is 1.27. The Bertz CT molecular complexity index is 423. The third-order valence-corrected chi connectivity index (χ3v) is 1.95. The molecule has 0 fully saturated rings. The molecule has 16 heavy (non-hydrogen) atoms. The molecule has 0 aliphatic rings. The van der Waals surface area contributed by atoms with Crippen LogP contribution < -0.4 is 5.59 Å². The standard InChI is InChI=1S/C8H9BN2O3.C2H6/c1-11-8(9(12)13)5-6(10-11)7-3-2-4-14-7;1-2/h2-5,12-13H,1H3;1-2H3. The first-order valence-electron chi connectivity index (χ1n) is 5.12. The van der Waals surface area contributed by atoms with Crippen molar-refractivity contribution in [1.29, 1.82) is 0 Å². The quantitative estimate of drug-likeness (QED) is 0.721. The number of furan rings is 1. The molecule has 5 nitrogen and oxygen atoms in total. The highest BCUT2D eigenvalue weighted by molar-refractivity contribution is 6.57. The summed E-state index contributed by atoms with van der Waals surface area (Å²) in [6.07, 6.45) is 1.54. The van der Waals surface area contributed by atoms with E-state index in [0.29, 0.717) is 17.0 Å². The van der Waals surface area contributed by atoms with Crippen LogP contribution in [0.1, 0.15) is 13.8 Å². The molecule has 2 N–H and O–H groups in total. The summed E-state index contributed by atoms with van der Waals surface area (Å²) in [7, 11) is 0.123. The number of hydrogen-bond acceptors (Lipinski definition) is 4. The Morgan fingerprint density at radius 1 is 1.38 bits per heavy atom. The third kappa shape index (κ3) is 2.53. The van der Waals surface area contributed by atoms with Crippen molar-refractivity contribution in [3.63, 3.8) is 0 Å². The van der Waals surface area contributed by atoms with E-state index in [9.17, 15) is 0 Å². The molecule has 0 saturated carbocycles.